The van der Waals surface area contributed by atoms with Gasteiger partial charge in [0.1, 0.15) is 12.7 Å². The van der Waals surface area contributed by atoms with Gasteiger partial charge >= 0.3 is 0 Å². The van der Waals surface area contributed by atoms with Crippen LogP contribution in [0, 0.1) is 18.3 Å². The van der Waals surface area contributed by atoms with Gasteiger partial charge in [0.2, 0.25) is 5.88 Å². The monoisotopic (exact) mass is 368 g/mol. The molecule has 0 aliphatic carbocycles. The highest BCUT2D eigenvalue weighted by atomic mass is 32.2. The summed E-state index contributed by atoms with van der Waals surface area (Å²) in [5.74, 6) is 0.458. The second-order valence-corrected chi connectivity index (χ2v) is 7.51. The van der Waals surface area contributed by atoms with E-state index in [0.717, 1.165) is 27.0 Å². The van der Waals surface area contributed by atoms with Crippen molar-refractivity contribution in [3.8, 4) is 11.9 Å². The summed E-state index contributed by atoms with van der Waals surface area (Å²) < 4.78 is 8.83. The van der Waals surface area contributed by atoms with Gasteiger partial charge in [0.25, 0.3) is 0 Å². The minimum Gasteiger partial charge on any atom is -0.475 e. The Morgan fingerprint density at radius 2 is 2.19 bits per heavy atom. The van der Waals surface area contributed by atoms with Crippen LogP contribution in [-0.4, -0.2) is 27.3 Å². The van der Waals surface area contributed by atoms with Crippen molar-refractivity contribution >= 4 is 28.5 Å². The highest BCUT2D eigenvalue weighted by Gasteiger charge is 2.14. The number of rotatable bonds is 6. The first kappa shape index (κ1) is 18.1. The molecule has 0 fully saturated rings. The van der Waals surface area contributed by atoms with Gasteiger partial charge in [0, 0.05) is 28.7 Å². The fraction of sp³-hybridized carbons (Fsp3) is 0.263. The molecule has 0 spiro atoms. The Balaban J connectivity index is 1.76. The molecule has 26 heavy (non-hydrogen) atoms. The molecule has 0 bridgehead atoms. The highest BCUT2D eigenvalue weighted by molar-refractivity contribution is 8.00. The summed E-state index contributed by atoms with van der Waals surface area (Å²) in [6.07, 6.45) is 3.39. The Kier molecular flexibility index (Phi) is 5.07. The number of fused-ring (bicyclic) bond motifs is 1. The van der Waals surface area contributed by atoms with E-state index in [1.54, 1.807) is 26.2 Å². The van der Waals surface area contributed by atoms with Crippen molar-refractivity contribution in [1.82, 2.24) is 9.97 Å². The number of anilines is 1. The number of aliphatic hydroxyl groups is 1. The van der Waals surface area contributed by atoms with Gasteiger partial charge in [-0.2, -0.15) is 5.26 Å². The number of aromatic amines is 1. The van der Waals surface area contributed by atoms with Crippen LogP contribution in [0.15, 0.2) is 41.6 Å². The molecule has 134 valence electrons. The number of ether oxygens (including phenoxy) is 1. The number of benzene rings is 1. The summed E-state index contributed by atoms with van der Waals surface area (Å²) in [5, 5.41) is 19.9. The van der Waals surface area contributed by atoms with Gasteiger partial charge in [0.15, 0.2) is 0 Å². The van der Waals surface area contributed by atoms with Crippen LogP contribution in [0.1, 0.15) is 25.0 Å². The molecule has 3 rings (SSSR count). The number of pyridine rings is 1. The molecule has 2 heterocycles. The van der Waals surface area contributed by atoms with E-state index in [2.05, 4.69) is 20.8 Å². The van der Waals surface area contributed by atoms with Crippen LogP contribution in [-0.2, 0) is 0 Å². The molecule has 0 radical (unpaired) electrons. The van der Waals surface area contributed by atoms with Gasteiger partial charge in [0.05, 0.1) is 22.4 Å². The molecule has 0 atom stereocenters. The van der Waals surface area contributed by atoms with E-state index in [1.165, 1.54) is 11.9 Å². The zero-order valence-electron chi connectivity index (χ0n) is 14.8. The SMILES string of the molecule is Cc1ccc(NSc2ccnc(OCC(C)(C)O)c2)c2[nH]cc(C#N)c12. The lowest BCUT2D eigenvalue weighted by Crippen LogP contribution is -2.28. The third-order valence-electron chi connectivity index (χ3n) is 3.72. The maximum absolute atomic E-state index is 9.75. The van der Waals surface area contributed by atoms with Gasteiger partial charge in [-0.15, -0.1) is 0 Å². The number of nitrogens with one attached hydrogen (secondary N) is 2. The van der Waals surface area contributed by atoms with Crippen LogP contribution in [0.25, 0.3) is 10.9 Å². The first-order valence-electron chi connectivity index (χ1n) is 8.12. The largest absolute Gasteiger partial charge is 0.475 e. The topological polar surface area (TPSA) is 94.0 Å². The second kappa shape index (κ2) is 7.28. The summed E-state index contributed by atoms with van der Waals surface area (Å²) in [4.78, 5) is 8.25. The molecule has 3 aromatic rings. The minimum atomic E-state index is -0.914. The normalized spacial score (nSPS) is 11.3. The fourth-order valence-corrected chi connectivity index (χ4v) is 3.18. The number of nitrogens with zero attached hydrogens (tertiary/aromatic N) is 2. The molecule has 1 aromatic carbocycles. The maximum Gasteiger partial charge on any atom is 0.214 e. The zero-order chi connectivity index (χ0) is 18.7. The minimum absolute atomic E-state index is 0.166. The summed E-state index contributed by atoms with van der Waals surface area (Å²) in [6.45, 7) is 5.52. The number of aromatic nitrogens is 2. The molecular weight excluding hydrogens is 348 g/mol. The van der Waals surface area contributed by atoms with Crippen molar-refractivity contribution < 1.29 is 9.84 Å². The average molecular weight is 368 g/mol. The Bertz CT molecular complexity index is 970. The Hall–Kier alpha value is -2.69. The molecule has 0 amide bonds. The van der Waals surface area contributed by atoms with E-state index in [1.807, 2.05) is 31.2 Å². The van der Waals surface area contributed by atoms with E-state index in [9.17, 15) is 10.4 Å². The maximum atomic E-state index is 9.75. The second-order valence-electron chi connectivity index (χ2n) is 6.63. The lowest BCUT2D eigenvalue weighted by molar-refractivity contribution is 0.0267. The molecule has 0 aliphatic heterocycles. The fourth-order valence-electron chi connectivity index (χ4n) is 2.49. The highest BCUT2D eigenvalue weighted by Crippen LogP contribution is 2.31. The van der Waals surface area contributed by atoms with Gasteiger partial charge in [-0.05, 0) is 50.4 Å². The molecule has 0 saturated carbocycles. The molecule has 7 heteroatoms. The Morgan fingerprint density at radius 1 is 1.38 bits per heavy atom. The van der Waals surface area contributed by atoms with E-state index in [0.29, 0.717) is 11.4 Å². The van der Waals surface area contributed by atoms with Crippen LogP contribution in [0.3, 0.4) is 0 Å². The Morgan fingerprint density at radius 3 is 2.92 bits per heavy atom. The van der Waals surface area contributed by atoms with Crippen molar-refractivity contribution in [3.63, 3.8) is 0 Å². The third kappa shape index (κ3) is 4.10. The van der Waals surface area contributed by atoms with Crippen molar-refractivity contribution in [2.75, 3.05) is 11.3 Å². The van der Waals surface area contributed by atoms with Crippen molar-refractivity contribution in [2.45, 2.75) is 31.3 Å². The van der Waals surface area contributed by atoms with Gasteiger partial charge in [-0.1, -0.05) is 6.07 Å². The van der Waals surface area contributed by atoms with Crippen molar-refractivity contribution in [1.29, 1.82) is 5.26 Å². The number of nitriles is 1. The lowest BCUT2D eigenvalue weighted by Gasteiger charge is -2.17. The van der Waals surface area contributed by atoms with E-state index in [4.69, 9.17) is 4.74 Å². The van der Waals surface area contributed by atoms with E-state index >= 15 is 0 Å². The van der Waals surface area contributed by atoms with Crippen molar-refractivity contribution in [3.05, 3.63) is 47.8 Å². The smallest absolute Gasteiger partial charge is 0.214 e. The average Bonchev–Trinajstić information content (AvgIpc) is 3.04. The third-order valence-corrected chi connectivity index (χ3v) is 4.53. The van der Waals surface area contributed by atoms with Crippen LogP contribution >= 0.6 is 11.9 Å². The number of H-pyrrole nitrogens is 1. The lowest BCUT2D eigenvalue weighted by atomic mass is 10.1. The first-order chi connectivity index (χ1) is 12.4. The summed E-state index contributed by atoms with van der Waals surface area (Å²) >= 11 is 1.42. The Labute approximate surface area is 156 Å². The first-order valence-corrected chi connectivity index (χ1v) is 8.94. The quantitative estimate of drug-likeness (QED) is 0.569. The predicted molar refractivity (Wildman–Crippen MR) is 103 cm³/mol. The van der Waals surface area contributed by atoms with E-state index < -0.39 is 5.60 Å². The van der Waals surface area contributed by atoms with Gasteiger partial charge in [-0.25, -0.2) is 4.98 Å². The number of hydrogen-bond acceptors (Lipinski definition) is 6. The zero-order valence-corrected chi connectivity index (χ0v) is 15.6. The van der Waals surface area contributed by atoms with Crippen molar-refractivity contribution in [2.24, 2.45) is 0 Å². The van der Waals surface area contributed by atoms with Gasteiger partial charge in [-0.3, -0.25) is 0 Å². The van der Waals surface area contributed by atoms with Crippen LogP contribution < -0.4 is 9.46 Å². The van der Waals surface area contributed by atoms with E-state index in [-0.39, 0.29) is 6.61 Å². The molecule has 0 aliphatic rings. The summed E-state index contributed by atoms with van der Waals surface area (Å²) in [6, 6.07) is 9.87. The van der Waals surface area contributed by atoms with Crippen LogP contribution in [0.5, 0.6) is 5.88 Å². The van der Waals surface area contributed by atoms with Gasteiger partial charge < -0.3 is 19.5 Å². The molecule has 0 saturated heterocycles. The van der Waals surface area contributed by atoms with Crippen LogP contribution in [0.4, 0.5) is 5.69 Å². The molecule has 0 unspecified atom stereocenters. The number of hydrogen-bond donors (Lipinski definition) is 3. The molecule has 2 aromatic heterocycles. The van der Waals surface area contributed by atoms with Crippen LogP contribution in [0.2, 0.25) is 0 Å². The summed E-state index contributed by atoms with van der Waals surface area (Å²) in [5.41, 5.74) is 2.58. The standard InChI is InChI=1S/C19H20N4O2S/c1-12-4-5-15(18-17(12)13(9-20)10-22-18)23-26-14-6-7-21-16(8-14)25-11-19(2,3)24/h4-8,10,22-24H,11H2,1-3H3. The summed E-state index contributed by atoms with van der Waals surface area (Å²) in [7, 11) is 0. The molecule has 6 nitrogen and oxygen atoms in total. The molecular formula is C19H20N4O2S. The predicted octanol–water partition coefficient (Wildman–Crippen LogP) is 4.01. The number of aryl methyl sites for hydroxylation is 1. The molecule has 3 N–H and O–H groups in total.